The molecule has 186 valence electrons. The molecule has 0 heterocycles. The van der Waals surface area contributed by atoms with Gasteiger partial charge in [0.15, 0.2) is 0 Å². The van der Waals surface area contributed by atoms with E-state index in [9.17, 15) is 19.5 Å². The highest BCUT2D eigenvalue weighted by Gasteiger charge is 2.31. The minimum Gasteiger partial charge on any atom is -0.480 e. The number of nitrogens with one attached hydrogen (secondary N) is 1. The topological polar surface area (TPSA) is 95.9 Å². The lowest BCUT2D eigenvalue weighted by atomic mass is 9.98. The van der Waals surface area contributed by atoms with Gasteiger partial charge in [-0.3, -0.25) is 9.59 Å². The Kier molecular flexibility index (Phi) is 7.38. The number of aliphatic carboxylic acids is 1. The van der Waals surface area contributed by atoms with Crippen molar-refractivity contribution < 1.29 is 24.2 Å². The van der Waals surface area contributed by atoms with Crippen molar-refractivity contribution >= 4 is 18.0 Å². The number of carboxylic acids is 1. The maximum atomic E-state index is 13.0. The molecule has 0 spiro atoms. The van der Waals surface area contributed by atoms with Crippen molar-refractivity contribution in [3.05, 3.63) is 95.6 Å². The molecule has 3 aromatic rings. The lowest BCUT2D eigenvalue weighted by Crippen LogP contribution is -2.48. The zero-order valence-corrected chi connectivity index (χ0v) is 20.4. The Labute approximate surface area is 210 Å². The Bertz CT molecular complexity index is 1210. The summed E-state index contributed by atoms with van der Waals surface area (Å²) < 4.78 is 5.61. The molecule has 0 saturated heterocycles. The number of benzene rings is 3. The van der Waals surface area contributed by atoms with Gasteiger partial charge in [-0.05, 0) is 41.7 Å². The largest absolute Gasteiger partial charge is 0.480 e. The van der Waals surface area contributed by atoms with Crippen molar-refractivity contribution in [3.63, 3.8) is 0 Å². The first-order chi connectivity index (χ1) is 17.2. The van der Waals surface area contributed by atoms with Crippen molar-refractivity contribution in [1.29, 1.82) is 0 Å². The molecule has 7 nitrogen and oxygen atoms in total. The maximum absolute atomic E-state index is 13.0. The number of fused-ring (bicyclic) bond motifs is 3. The third kappa shape index (κ3) is 5.92. The fourth-order valence-electron chi connectivity index (χ4n) is 4.64. The van der Waals surface area contributed by atoms with Crippen LogP contribution in [-0.2, 0) is 20.9 Å². The summed E-state index contributed by atoms with van der Waals surface area (Å²) in [6.07, 6.45) is -0.695. The van der Waals surface area contributed by atoms with Crippen LogP contribution in [0.15, 0.2) is 78.9 Å². The zero-order valence-electron chi connectivity index (χ0n) is 20.4. The maximum Gasteiger partial charge on any atom is 0.407 e. The van der Waals surface area contributed by atoms with E-state index in [4.69, 9.17) is 4.74 Å². The fourth-order valence-corrected chi connectivity index (χ4v) is 4.64. The quantitative estimate of drug-likeness (QED) is 0.453. The molecule has 0 aliphatic heterocycles. The van der Waals surface area contributed by atoms with Gasteiger partial charge in [0.2, 0.25) is 5.91 Å². The van der Waals surface area contributed by atoms with Gasteiger partial charge in [0.1, 0.15) is 13.2 Å². The van der Waals surface area contributed by atoms with E-state index in [0.717, 1.165) is 27.8 Å². The Morgan fingerprint density at radius 1 is 0.889 bits per heavy atom. The van der Waals surface area contributed by atoms with Crippen LogP contribution in [0.3, 0.4) is 0 Å². The minimum atomic E-state index is -1.10. The second-order valence-electron chi connectivity index (χ2n) is 9.64. The molecule has 0 bridgehead atoms. The highest BCUT2D eigenvalue weighted by molar-refractivity contribution is 5.83. The van der Waals surface area contributed by atoms with E-state index in [1.54, 1.807) is 13.8 Å². The van der Waals surface area contributed by atoms with Gasteiger partial charge >= 0.3 is 12.1 Å². The molecule has 3 aromatic carbocycles. The molecule has 7 heteroatoms. The predicted molar refractivity (Wildman–Crippen MR) is 136 cm³/mol. The first kappa shape index (κ1) is 25.0. The van der Waals surface area contributed by atoms with Gasteiger partial charge in [-0.25, -0.2) is 4.79 Å². The smallest absolute Gasteiger partial charge is 0.407 e. The molecule has 0 saturated carbocycles. The van der Waals surface area contributed by atoms with Gasteiger partial charge in [0, 0.05) is 24.4 Å². The summed E-state index contributed by atoms with van der Waals surface area (Å²) >= 11 is 0. The highest BCUT2D eigenvalue weighted by Crippen LogP contribution is 2.44. The number of carbonyl (C=O) groups is 3. The summed E-state index contributed by atoms with van der Waals surface area (Å²) in [6.45, 7) is 3.35. The highest BCUT2D eigenvalue weighted by atomic mass is 16.5. The lowest BCUT2D eigenvalue weighted by Gasteiger charge is -2.29. The molecule has 4 rings (SSSR count). The Morgan fingerprint density at radius 2 is 1.44 bits per heavy atom. The van der Waals surface area contributed by atoms with Gasteiger partial charge in [-0.15, -0.1) is 0 Å². The zero-order chi connectivity index (χ0) is 25.7. The van der Waals surface area contributed by atoms with E-state index in [0.29, 0.717) is 0 Å². The van der Waals surface area contributed by atoms with Crippen molar-refractivity contribution in [2.45, 2.75) is 38.3 Å². The predicted octanol–water partition coefficient (Wildman–Crippen LogP) is 4.81. The van der Waals surface area contributed by atoms with E-state index >= 15 is 0 Å². The summed E-state index contributed by atoms with van der Waals surface area (Å²) in [5.74, 6) is -1.53. The molecule has 2 amide bonds. The SMILES string of the molecule is CC(C)(CC(=O)N(CC(=O)O)Cc1ccccc1)NC(=O)OCC1c2ccccc2-c2ccccc21. The van der Waals surface area contributed by atoms with Crippen LogP contribution in [0, 0.1) is 0 Å². The van der Waals surface area contributed by atoms with Gasteiger partial charge in [-0.1, -0.05) is 78.9 Å². The number of hydrogen-bond acceptors (Lipinski definition) is 4. The van der Waals surface area contributed by atoms with Crippen molar-refractivity contribution in [2.75, 3.05) is 13.2 Å². The van der Waals surface area contributed by atoms with Crippen LogP contribution in [0.1, 0.15) is 42.9 Å². The number of carboxylic acid groups (broad SMARTS) is 1. The lowest BCUT2D eigenvalue weighted by molar-refractivity contribution is -0.145. The van der Waals surface area contributed by atoms with Gasteiger partial charge < -0.3 is 20.1 Å². The van der Waals surface area contributed by atoms with Crippen LogP contribution in [0.5, 0.6) is 0 Å². The summed E-state index contributed by atoms with van der Waals surface area (Å²) in [7, 11) is 0. The van der Waals surface area contributed by atoms with Crippen molar-refractivity contribution in [1.82, 2.24) is 10.2 Å². The van der Waals surface area contributed by atoms with Crippen molar-refractivity contribution in [2.24, 2.45) is 0 Å². The molecule has 36 heavy (non-hydrogen) atoms. The number of amides is 2. The Morgan fingerprint density at radius 3 is 2.03 bits per heavy atom. The molecule has 0 fully saturated rings. The number of hydrogen-bond donors (Lipinski definition) is 2. The molecule has 1 aliphatic carbocycles. The first-order valence-corrected chi connectivity index (χ1v) is 11.9. The van der Waals surface area contributed by atoms with Crippen LogP contribution < -0.4 is 5.32 Å². The second-order valence-corrected chi connectivity index (χ2v) is 9.64. The molecular weight excluding hydrogens is 456 g/mol. The van der Waals surface area contributed by atoms with Crippen LogP contribution in [0.2, 0.25) is 0 Å². The second kappa shape index (κ2) is 10.6. The summed E-state index contributed by atoms with van der Waals surface area (Å²) in [5.41, 5.74) is 4.41. The Hall–Kier alpha value is -4.13. The van der Waals surface area contributed by atoms with Gasteiger partial charge in [0.05, 0.1) is 0 Å². The first-order valence-electron chi connectivity index (χ1n) is 11.9. The molecule has 0 radical (unpaired) electrons. The normalized spacial score (nSPS) is 12.4. The number of nitrogens with zero attached hydrogens (tertiary/aromatic N) is 1. The summed E-state index contributed by atoms with van der Waals surface area (Å²) in [6, 6.07) is 25.4. The number of ether oxygens (including phenoxy) is 1. The molecule has 1 aliphatic rings. The van der Waals surface area contributed by atoms with Crippen LogP contribution in [0.25, 0.3) is 11.1 Å². The monoisotopic (exact) mass is 486 g/mol. The third-order valence-electron chi connectivity index (χ3n) is 6.27. The van der Waals surface area contributed by atoms with E-state index in [1.807, 2.05) is 66.7 Å². The fraction of sp³-hybridized carbons (Fsp3) is 0.276. The molecule has 0 unspecified atom stereocenters. The van der Waals surface area contributed by atoms with Gasteiger partial charge in [-0.2, -0.15) is 0 Å². The van der Waals surface area contributed by atoms with E-state index in [2.05, 4.69) is 17.4 Å². The van der Waals surface area contributed by atoms with E-state index in [1.165, 1.54) is 4.90 Å². The summed E-state index contributed by atoms with van der Waals surface area (Å²) in [5, 5.41) is 12.1. The summed E-state index contributed by atoms with van der Waals surface area (Å²) in [4.78, 5) is 38.3. The third-order valence-corrected chi connectivity index (χ3v) is 6.27. The number of alkyl carbamates (subject to hydrolysis) is 1. The van der Waals surface area contributed by atoms with E-state index < -0.39 is 24.1 Å². The number of rotatable bonds is 9. The average molecular weight is 487 g/mol. The van der Waals surface area contributed by atoms with Crippen LogP contribution in [-0.4, -0.2) is 46.7 Å². The molecular formula is C29H30N2O5. The average Bonchev–Trinajstić information content (AvgIpc) is 3.16. The molecule has 0 atom stereocenters. The van der Waals surface area contributed by atoms with E-state index in [-0.39, 0.29) is 31.4 Å². The standard InChI is InChI=1S/C29H30N2O5/c1-29(2,16-26(32)31(18-27(33)34)17-20-10-4-3-5-11-20)30-28(35)36-19-25-23-14-8-6-12-21(23)22-13-7-9-15-24(22)25/h3-15,25H,16-19H2,1-2H3,(H,30,35)(H,33,34). The van der Waals surface area contributed by atoms with Crippen molar-refractivity contribution in [3.8, 4) is 11.1 Å². The Balaban J connectivity index is 1.37. The van der Waals surface area contributed by atoms with Crippen LogP contribution in [0.4, 0.5) is 4.79 Å². The van der Waals surface area contributed by atoms with Gasteiger partial charge in [0.25, 0.3) is 0 Å². The molecule has 0 aromatic heterocycles. The number of carbonyl (C=O) groups excluding carboxylic acids is 2. The minimum absolute atomic E-state index is 0.0650. The van der Waals surface area contributed by atoms with Crippen LogP contribution >= 0.6 is 0 Å². The molecule has 2 N–H and O–H groups in total.